The second kappa shape index (κ2) is 5.47. The number of halogens is 1. The van der Waals surface area contributed by atoms with Crippen LogP contribution in [0, 0.1) is 5.82 Å². The van der Waals surface area contributed by atoms with E-state index in [1.54, 1.807) is 13.0 Å². The Labute approximate surface area is 100 Å². The highest BCUT2D eigenvalue weighted by Crippen LogP contribution is 2.26. The summed E-state index contributed by atoms with van der Waals surface area (Å²) in [5.41, 5.74) is 0.475. The van der Waals surface area contributed by atoms with Gasteiger partial charge in [0.05, 0.1) is 12.2 Å². The third-order valence-electron chi connectivity index (χ3n) is 2.87. The third-order valence-corrected chi connectivity index (χ3v) is 2.87. The molecule has 0 aliphatic carbocycles. The molecular formula is C13H17FO3. The fraction of sp³-hybridized carbons (Fsp3) is 0.538. The van der Waals surface area contributed by atoms with Gasteiger partial charge in [-0.2, -0.15) is 0 Å². The molecule has 2 rings (SSSR count). The first kappa shape index (κ1) is 12.3. The van der Waals surface area contributed by atoms with E-state index in [1.165, 1.54) is 12.1 Å². The zero-order chi connectivity index (χ0) is 12.3. The lowest BCUT2D eigenvalue weighted by Crippen LogP contribution is -2.17. The molecule has 94 valence electrons. The van der Waals surface area contributed by atoms with Gasteiger partial charge in [0, 0.05) is 12.2 Å². The molecule has 1 aromatic rings. The summed E-state index contributed by atoms with van der Waals surface area (Å²) in [6.45, 7) is 2.82. The van der Waals surface area contributed by atoms with Crippen LogP contribution in [0.5, 0.6) is 5.75 Å². The third kappa shape index (κ3) is 3.17. The lowest BCUT2D eigenvalue weighted by molar-refractivity contribution is 0.0663. The molecule has 1 aromatic carbocycles. The van der Waals surface area contributed by atoms with Crippen LogP contribution >= 0.6 is 0 Å². The zero-order valence-corrected chi connectivity index (χ0v) is 9.86. The van der Waals surface area contributed by atoms with Gasteiger partial charge in [-0.25, -0.2) is 4.39 Å². The van der Waals surface area contributed by atoms with E-state index in [9.17, 15) is 9.50 Å². The molecule has 1 aliphatic rings. The van der Waals surface area contributed by atoms with Crippen molar-refractivity contribution in [3.8, 4) is 5.75 Å². The summed E-state index contributed by atoms with van der Waals surface area (Å²) in [6.07, 6.45) is 1.42. The number of aliphatic hydroxyl groups excluding tert-OH is 1. The largest absolute Gasteiger partial charge is 0.490 e. The molecule has 0 amide bonds. The normalized spacial score (nSPS) is 21.5. The number of hydrogen-bond acceptors (Lipinski definition) is 3. The van der Waals surface area contributed by atoms with E-state index in [0.29, 0.717) is 17.9 Å². The molecule has 1 heterocycles. The van der Waals surface area contributed by atoms with Crippen LogP contribution in [0.3, 0.4) is 0 Å². The maximum absolute atomic E-state index is 13.1. The minimum atomic E-state index is -0.745. The first-order valence-corrected chi connectivity index (χ1v) is 5.88. The van der Waals surface area contributed by atoms with Gasteiger partial charge in [-0.05, 0) is 38.0 Å². The summed E-state index contributed by atoms with van der Waals surface area (Å²) < 4.78 is 24.1. The molecule has 1 fully saturated rings. The van der Waals surface area contributed by atoms with Crippen molar-refractivity contribution in [1.29, 1.82) is 0 Å². The zero-order valence-electron chi connectivity index (χ0n) is 9.86. The Morgan fingerprint density at radius 2 is 2.41 bits per heavy atom. The smallest absolute Gasteiger partial charge is 0.125 e. The van der Waals surface area contributed by atoms with Crippen LogP contribution in [0.15, 0.2) is 18.2 Å². The maximum Gasteiger partial charge on any atom is 0.125 e. The Balaban J connectivity index is 2.03. The van der Waals surface area contributed by atoms with E-state index >= 15 is 0 Å². The highest BCUT2D eigenvalue weighted by atomic mass is 19.1. The number of ether oxygens (including phenoxy) is 2. The molecule has 0 bridgehead atoms. The fourth-order valence-electron chi connectivity index (χ4n) is 1.94. The molecule has 1 unspecified atom stereocenters. The molecule has 0 radical (unpaired) electrons. The highest BCUT2D eigenvalue weighted by Gasteiger charge is 2.17. The highest BCUT2D eigenvalue weighted by molar-refractivity contribution is 5.35. The minimum Gasteiger partial charge on any atom is -0.490 e. The summed E-state index contributed by atoms with van der Waals surface area (Å²) in [5, 5.41) is 9.54. The van der Waals surface area contributed by atoms with Crippen molar-refractivity contribution in [3.63, 3.8) is 0 Å². The van der Waals surface area contributed by atoms with E-state index in [2.05, 4.69) is 0 Å². The Morgan fingerprint density at radius 3 is 3.06 bits per heavy atom. The Hall–Kier alpha value is -1.13. The SMILES string of the molecule is C[C@@H](O)c1cc(F)ccc1OCC1CCCO1. The molecule has 0 spiro atoms. The van der Waals surface area contributed by atoms with Crippen LogP contribution in [-0.2, 0) is 4.74 Å². The predicted octanol–water partition coefficient (Wildman–Crippen LogP) is 2.44. The number of benzene rings is 1. The number of hydrogen-bond donors (Lipinski definition) is 1. The molecule has 4 heteroatoms. The van der Waals surface area contributed by atoms with E-state index in [-0.39, 0.29) is 11.9 Å². The molecule has 17 heavy (non-hydrogen) atoms. The van der Waals surface area contributed by atoms with Crippen molar-refractivity contribution in [3.05, 3.63) is 29.6 Å². The van der Waals surface area contributed by atoms with Gasteiger partial charge in [0.15, 0.2) is 0 Å². The minimum absolute atomic E-state index is 0.113. The van der Waals surface area contributed by atoms with Crippen molar-refractivity contribution < 1.29 is 19.0 Å². The summed E-state index contributed by atoms with van der Waals surface area (Å²) in [5.74, 6) is 0.155. The molecule has 3 nitrogen and oxygen atoms in total. The predicted molar refractivity (Wildman–Crippen MR) is 61.5 cm³/mol. The first-order chi connectivity index (χ1) is 8.16. The standard InChI is InChI=1S/C13H17FO3/c1-9(15)12-7-10(14)4-5-13(12)17-8-11-3-2-6-16-11/h4-5,7,9,11,15H,2-3,6,8H2,1H3/t9-,11?/m1/s1. The van der Waals surface area contributed by atoms with E-state index in [1.807, 2.05) is 0 Å². The average molecular weight is 240 g/mol. The van der Waals surface area contributed by atoms with Gasteiger partial charge in [-0.3, -0.25) is 0 Å². The molecular weight excluding hydrogens is 223 g/mol. The van der Waals surface area contributed by atoms with Gasteiger partial charge >= 0.3 is 0 Å². The first-order valence-electron chi connectivity index (χ1n) is 5.88. The topological polar surface area (TPSA) is 38.7 Å². The lowest BCUT2D eigenvalue weighted by Gasteiger charge is -2.16. The maximum atomic E-state index is 13.1. The lowest BCUT2D eigenvalue weighted by atomic mass is 10.1. The van der Waals surface area contributed by atoms with Crippen LogP contribution in [0.25, 0.3) is 0 Å². The quantitative estimate of drug-likeness (QED) is 0.878. The van der Waals surface area contributed by atoms with Crippen LogP contribution < -0.4 is 4.74 Å². The van der Waals surface area contributed by atoms with Gasteiger partial charge in [-0.1, -0.05) is 0 Å². The number of rotatable bonds is 4. The summed E-state index contributed by atoms with van der Waals surface area (Å²) in [4.78, 5) is 0. The summed E-state index contributed by atoms with van der Waals surface area (Å²) in [6, 6.07) is 4.18. The Bertz CT molecular complexity index is 373. The molecule has 1 N–H and O–H groups in total. The molecule has 1 saturated heterocycles. The van der Waals surface area contributed by atoms with E-state index < -0.39 is 6.10 Å². The van der Waals surface area contributed by atoms with Crippen molar-refractivity contribution in [2.45, 2.75) is 32.0 Å². The molecule has 1 aliphatic heterocycles. The monoisotopic (exact) mass is 240 g/mol. The van der Waals surface area contributed by atoms with Gasteiger partial charge in [-0.15, -0.1) is 0 Å². The van der Waals surface area contributed by atoms with Gasteiger partial charge in [0.25, 0.3) is 0 Å². The molecule has 0 saturated carbocycles. The Morgan fingerprint density at radius 1 is 1.59 bits per heavy atom. The van der Waals surface area contributed by atoms with E-state index in [4.69, 9.17) is 9.47 Å². The van der Waals surface area contributed by atoms with Gasteiger partial charge < -0.3 is 14.6 Å². The van der Waals surface area contributed by atoms with Crippen LogP contribution in [-0.4, -0.2) is 24.4 Å². The summed E-state index contributed by atoms with van der Waals surface area (Å²) >= 11 is 0. The second-order valence-electron chi connectivity index (χ2n) is 4.30. The van der Waals surface area contributed by atoms with Gasteiger partial charge in [0.1, 0.15) is 18.2 Å². The van der Waals surface area contributed by atoms with Crippen molar-refractivity contribution >= 4 is 0 Å². The second-order valence-corrected chi connectivity index (χ2v) is 4.30. The van der Waals surface area contributed by atoms with Crippen molar-refractivity contribution in [2.75, 3.05) is 13.2 Å². The van der Waals surface area contributed by atoms with Crippen LogP contribution in [0.1, 0.15) is 31.4 Å². The van der Waals surface area contributed by atoms with Crippen molar-refractivity contribution in [2.24, 2.45) is 0 Å². The van der Waals surface area contributed by atoms with Gasteiger partial charge in [0.2, 0.25) is 0 Å². The average Bonchev–Trinajstić information content (AvgIpc) is 2.80. The van der Waals surface area contributed by atoms with Crippen molar-refractivity contribution in [1.82, 2.24) is 0 Å². The Kier molecular flexibility index (Phi) is 3.97. The van der Waals surface area contributed by atoms with Crippen LogP contribution in [0.2, 0.25) is 0 Å². The van der Waals surface area contributed by atoms with E-state index in [0.717, 1.165) is 19.4 Å². The fourth-order valence-corrected chi connectivity index (χ4v) is 1.94. The van der Waals surface area contributed by atoms with Crippen LogP contribution in [0.4, 0.5) is 4.39 Å². The molecule has 2 atom stereocenters. The number of aliphatic hydroxyl groups is 1. The molecule has 0 aromatic heterocycles. The summed E-state index contributed by atoms with van der Waals surface area (Å²) in [7, 11) is 0.